The summed E-state index contributed by atoms with van der Waals surface area (Å²) in [4.78, 5) is 41.5. The van der Waals surface area contributed by atoms with Gasteiger partial charge in [0.05, 0.1) is 7.11 Å². The Hall–Kier alpha value is -4.34. The average Bonchev–Trinajstić information content (AvgIpc) is 2.89. The average molecular weight is 525 g/mol. The van der Waals surface area contributed by atoms with E-state index >= 15 is 0 Å². The number of aryl methyl sites for hydroxylation is 1. The van der Waals surface area contributed by atoms with Crippen LogP contribution < -0.4 is 14.8 Å². The van der Waals surface area contributed by atoms with Gasteiger partial charge < -0.3 is 19.5 Å². The summed E-state index contributed by atoms with van der Waals surface area (Å²) in [6, 6.07) is 10.6. The normalized spacial score (nSPS) is 17.1. The van der Waals surface area contributed by atoms with Gasteiger partial charge in [-0.25, -0.2) is 18.6 Å². The minimum atomic E-state index is -1.09. The lowest BCUT2D eigenvalue weighted by molar-refractivity contribution is -0.152. The van der Waals surface area contributed by atoms with Crippen molar-refractivity contribution in [3.63, 3.8) is 0 Å². The molecule has 1 aliphatic rings. The van der Waals surface area contributed by atoms with Crippen LogP contribution in [0.3, 0.4) is 0 Å². The van der Waals surface area contributed by atoms with Crippen molar-refractivity contribution in [3.8, 4) is 11.5 Å². The van der Waals surface area contributed by atoms with Crippen molar-refractivity contribution in [3.05, 3.63) is 88.7 Å². The van der Waals surface area contributed by atoms with Crippen molar-refractivity contribution < 1.29 is 37.4 Å². The van der Waals surface area contributed by atoms with E-state index in [0.29, 0.717) is 18.4 Å². The molecule has 8 nitrogen and oxygen atoms in total. The van der Waals surface area contributed by atoms with Crippen molar-refractivity contribution in [1.29, 1.82) is 0 Å². The fourth-order valence-corrected chi connectivity index (χ4v) is 4.52. The first-order valence-electron chi connectivity index (χ1n) is 11.9. The SMILES string of the molecule is COc1ccnc(C(=O)N[C@@H](C)C(=O)O[C@@H]2CCc3cc(F)ccc3[C@H]2c2ccc(F)cc2)c1OC(C)=O. The van der Waals surface area contributed by atoms with Crippen LogP contribution in [0, 0.1) is 11.6 Å². The van der Waals surface area contributed by atoms with Crippen LogP contribution in [0.2, 0.25) is 0 Å². The summed E-state index contributed by atoms with van der Waals surface area (Å²) < 4.78 is 43.6. The lowest BCUT2D eigenvalue weighted by Crippen LogP contribution is -2.43. The van der Waals surface area contributed by atoms with Gasteiger partial charge in [-0.05, 0) is 60.7 Å². The van der Waals surface area contributed by atoms with Gasteiger partial charge in [-0.2, -0.15) is 0 Å². The number of pyridine rings is 1. The van der Waals surface area contributed by atoms with Gasteiger partial charge in [0, 0.05) is 25.1 Å². The number of rotatable bonds is 7. The van der Waals surface area contributed by atoms with Crippen molar-refractivity contribution in [2.75, 3.05) is 7.11 Å². The van der Waals surface area contributed by atoms with Crippen LogP contribution in [0.25, 0.3) is 0 Å². The van der Waals surface area contributed by atoms with Crippen LogP contribution in [-0.4, -0.2) is 42.1 Å². The third-order valence-electron chi connectivity index (χ3n) is 6.26. The topological polar surface area (TPSA) is 104 Å². The van der Waals surface area contributed by atoms with E-state index in [1.54, 1.807) is 18.2 Å². The molecule has 1 heterocycles. The first-order valence-corrected chi connectivity index (χ1v) is 11.9. The second kappa shape index (κ2) is 11.4. The van der Waals surface area contributed by atoms with Gasteiger partial charge in [-0.15, -0.1) is 0 Å². The minimum Gasteiger partial charge on any atom is -0.493 e. The smallest absolute Gasteiger partial charge is 0.328 e. The molecule has 0 saturated heterocycles. The summed E-state index contributed by atoms with van der Waals surface area (Å²) in [5.41, 5.74) is 2.04. The van der Waals surface area contributed by atoms with Crippen molar-refractivity contribution in [1.82, 2.24) is 10.3 Å². The van der Waals surface area contributed by atoms with Crippen LogP contribution in [0.1, 0.15) is 53.4 Å². The van der Waals surface area contributed by atoms with E-state index in [9.17, 15) is 23.2 Å². The molecule has 0 fully saturated rings. The molecule has 0 unspecified atom stereocenters. The molecule has 2 aromatic carbocycles. The number of carbonyl (C=O) groups excluding carboxylic acids is 3. The molecule has 1 aliphatic carbocycles. The Labute approximate surface area is 217 Å². The number of benzene rings is 2. The highest BCUT2D eigenvalue weighted by Gasteiger charge is 2.35. The van der Waals surface area contributed by atoms with E-state index in [1.807, 2.05) is 0 Å². The second-order valence-electron chi connectivity index (χ2n) is 8.87. The summed E-state index contributed by atoms with van der Waals surface area (Å²) in [7, 11) is 1.35. The molecule has 0 spiro atoms. The van der Waals surface area contributed by atoms with Gasteiger partial charge in [0.15, 0.2) is 11.4 Å². The first kappa shape index (κ1) is 26.7. The second-order valence-corrected chi connectivity index (χ2v) is 8.87. The molecule has 38 heavy (non-hydrogen) atoms. The molecule has 4 rings (SSSR count). The molecule has 1 N–H and O–H groups in total. The maximum absolute atomic E-state index is 13.9. The summed E-state index contributed by atoms with van der Waals surface area (Å²) in [5.74, 6) is -3.45. The zero-order valence-electron chi connectivity index (χ0n) is 21.0. The zero-order valence-corrected chi connectivity index (χ0v) is 21.0. The first-order chi connectivity index (χ1) is 18.2. The Kier molecular flexibility index (Phi) is 7.99. The van der Waals surface area contributed by atoms with E-state index in [2.05, 4.69) is 10.3 Å². The molecule has 3 aromatic rings. The molecule has 0 radical (unpaired) electrons. The number of halogens is 2. The third-order valence-corrected chi connectivity index (χ3v) is 6.26. The summed E-state index contributed by atoms with van der Waals surface area (Å²) >= 11 is 0. The molecular formula is C28H26F2N2O6. The number of ether oxygens (including phenoxy) is 3. The lowest BCUT2D eigenvalue weighted by Gasteiger charge is -2.34. The number of fused-ring (bicyclic) bond motifs is 1. The fraction of sp³-hybridized carbons (Fsp3) is 0.286. The standard InChI is InChI=1S/C28H26F2N2O6/c1-15(32-27(34)25-26(37-16(2)33)23(36-3)12-13-31-25)28(35)38-22-11-6-18-14-20(30)9-10-21(18)24(22)17-4-7-19(29)8-5-17/h4-5,7-10,12-15,22,24H,6,11H2,1-3H3,(H,32,34)/t15-,22+,24+/m0/s1. The number of carbonyl (C=O) groups is 3. The van der Waals surface area contributed by atoms with Gasteiger partial charge in [-0.3, -0.25) is 9.59 Å². The van der Waals surface area contributed by atoms with E-state index in [1.165, 1.54) is 57.5 Å². The number of amides is 1. The molecule has 198 valence electrons. The number of nitrogens with zero attached hydrogens (tertiary/aromatic N) is 1. The van der Waals surface area contributed by atoms with E-state index < -0.39 is 41.7 Å². The Morgan fingerprint density at radius 3 is 2.45 bits per heavy atom. The van der Waals surface area contributed by atoms with Crippen molar-refractivity contribution in [2.24, 2.45) is 0 Å². The van der Waals surface area contributed by atoms with Crippen LogP contribution in [-0.2, 0) is 20.7 Å². The molecule has 1 aromatic heterocycles. The Morgan fingerprint density at radius 1 is 1.05 bits per heavy atom. The molecule has 10 heteroatoms. The highest BCUT2D eigenvalue weighted by atomic mass is 19.1. The molecule has 3 atom stereocenters. The monoisotopic (exact) mass is 524 g/mol. The Balaban J connectivity index is 1.54. The Bertz CT molecular complexity index is 1360. The summed E-state index contributed by atoms with van der Waals surface area (Å²) in [6.45, 7) is 2.62. The largest absolute Gasteiger partial charge is 0.493 e. The predicted octanol–water partition coefficient (Wildman–Crippen LogP) is 4.10. The van der Waals surface area contributed by atoms with Gasteiger partial charge in [-0.1, -0.05) is 18.2 Å². The lowest BCUT2D eigenvalue weighted by atomic mass is 9.77. The highest BCUT2D eigenvalue weighted by molar-refractivity contribution is 5.98. The predicted molar refractivity (Wildman–Crippen MR) is 132 cm³/mol. The van der Waals surface area contributed by atoms with E-state index in [0.717, 1.165) is 11.1 Å². The molecule has 0 aliphatic heterocycles. The van der Waals surface area contributed by atoms with Crippen LogP contribution in [0.5, 0.6) is 11.5 Å². The van der Waals surface area contributed by atoms with Gasteiger partial charge in [0.25, 0.3) is 5.91 Å². The zero-order chi connectivity index (χ0) is 27.4. The number of aromatic nitrogens is 1. The quantitative estimate of drug-likeness (QED) is 0.464. The Morgan fingerprint density at radius 2 is 1.76 bits per heavy atom. The van der Waals surface area contributed by atoms with Crippen LogP contribution >= 0.6 is 0 Å². The molecule has 1 amide bonds. The van der Waals surface area contributed by atoms with Crippen molar-refractivity contribution in [2.45, 2.75) is 44.8 Å². The van der Waals surface area contributed by atoms with Crippen LogP contribution in [0.15, 0.2) is 54.7 Å². The number of nitrogens with one attached hydrogen (secondary N) is 1. The summed E-state index contributed by atoms with van der Waals surface area (Å²) in [5, 5.41) is 2.52. The van der Waals surface area contributed by atoms with Crippen LogP contribution in [0.4, 0.5) is 8.78 Å². The third kappa shape index (κ3) is 5.80. The van der Waals surface area contributed by atoms with Gasteiger partial charge >= 0.3 is 11.9 Å². The van der Waals surface area contributed by atoms with Crippen molar-refractivity contribution >= 4 is 17.8 Å². The fourth-order valence-electron chi connectivity index (χ4n) is 4.52. The molecule has 0 saturated carbocycles. The minimum absolute atomic E-state index is 0.120. The number of hydrogen-bond acceptors (Lipinski definition) is 7. The number of hydrogen-bond donors (Lipinski definition) is 1. The maximum atomic E-state index is 13.9. The van der Waals surface area contributed by atoms with Gasteiger partial charge in [0.1, 0.15) is 23.8 Å². The number of methoxy groups -OCH3 is 1. The molecule has 0 bridgehead atoms. The highest BCUT2D eigenvalue weighted by Crippen LogP contribution is 2.39. The number of esters is 2. The summed E-state index contributed by atoms with van der Waals surface area (Å²) in [6.07, 6.45) is 1.54. The maximum Gasteiger partial charge on any atom is 0.328 e. The van der Waals surface area contributed by atoms with Gasteiger partial charge in [0.2, 0.25) is 5.75 Å². The van der Waals surface area contributed by atoms with E-state index in [4.69, 9.17) is 14.2 Å². The van der Waals surface area contributed by atoms with E-state index in [-0.39, 0.29) is 23.0 Å². The molecular weight excluding hydrogens is 498 g/mol.